The summed E-state index contributed by atoms with van der Waals surface area (Å²) >= 11 is 0. The molecule has 0 saturated heterocycles. The van der Waals surface area contributed by atoms with Crippen LogP contribution in [0, 0.1) is 6.92 Å². The molecule has 0 saturated carbocycles. The van der Waals surface area contributed by atoms with Crippen LogP contribution < -0.4 is 15.6 Å². The number of carbonyl (C=O) groups excluding carboxylic acids is 1. The first kappa shape index (κ1) is 18.4. The van der Waals surface area contributed by atoms with E-state index in [1.807, 2.05) is 43.3 Å². The average Bonchev–Trinajstić information content (AvgIpc) is 3.13. The zero-order valence-corrected chi connectivity index (χ0v) is 16.0. The summed E-state index contributed by atoms with van der Waals surface area (Å²) in [7, 11) is 1.59. The molecule has 0 aliphatic heterocycles. The van der Waals surface area contributed by atoms with Crippen molar-refractivity contribution in [3.05, 3.63) is 76.1 Å². The van der Waals surface area contributed by atoms with Gasteiger partial charge < -0.3 is 10.1 Å². The molecule has 1 amide bonds. The number of rotatable bonds is 5. The van der Waals surface area contributed by atoms with Gasteiger partial charge in [0.25, 0.3) is 5.56 Å². The highest BCUT2D eigenvalue weighted by Gasteiger charge is 2.13. The minimum Gasteiger partial charge on any atom is -0.497 e. The fraction of sp³-hybridized carbons (Fsp3) is 0.143. The molecule has 0 spiro atoms. The van der Waals surface area contributed by atoms with Gasteiger partial charge in [-0.15, -0.1) is 5.10 Å². The maximum absolute atomic E-state index is 12.5. The van der Waals surface area contributed by atoms with Crippen molar-refractivity contribution in [1.82, 2.24) is 19.6 Å². The van der Waals surface area contributed by atoms with Crippen molar-refractivity contribution in [1.29, 1.82) is 0 Å². The molecule has 2 N–H and O–H groups in total. The van der Waals surface area contributed by atoms with Gasteiger partial charge in [0.1, 0.15) is 11.6 Å². The van der Waals surface area contributed by atoms with Gasteiger partial charge in [-0.25, -0.2) is 0 Å². The number of H-pyrrole nitrogens is 1. The van der Waals surface area contributed by atoms with Gasteiger partial charge in [0, 0.05) is 11.6 Å². The smallest absolute Gasteiger partial charge is 0.254 e. The highest BCUT2D eigenvalue weighted by molar-refractivity contribution is 5.91. The molecule has 0 fully saturated rings. The Balaban J connectivity index is 1.61. The summed E-state index contributed by atoms with van der Waals surface area (Å²) < 4.78 is 6.54. The van der Waals surface area contributed by atoms with Gasteiger partial charge in [0.2, 0.25) is 11.7 Å². The van der Waals surface area contributed by atoms with Crippen LogP contribution in [0.4, 0.5) is 5.82 Å². The van der Waals surface area contributed by atoms with Crippen LogP contribution in [0.2, 0.25) is 0 Å². The van der Waals surface area contributed by atoms with Crippen LogP contribution in [0.5, 0.6) is 5.75 Å². The van der Waals surface area contributed by atoms with Gasteiger partial charge in [-0.2, -0.15) is 9.50 Å². The molecule has 2 aromatic carbocycles. The molecular formula is C21H19N5O3. The summed E-state index contributed by atoms with van der Waals surface area (Å²) in [5.74, 6) is 1.42. The number of aromatic amines is 1. The Morgan fingerprint density at radius 3 is 2.55 bits per heavy atom. The van der Waals surface area contributed by atoms with E-state index in [0.717, 1.165) is 22.4 Å². The molecule has 0 radical (unpaired) electrons. The fourth-order valence-electron chi connectivity index (χ4n) is 2.92. The Bertz CT molecular complexity index is 1220. The lowest BCUT2D eigenvalue weighted by Gasteiger charge is -2.07. The van der Waals surface area contributed by atoms with Gasteiger partial charge in [-0.3, -0.25) is 14.6 Å². The number of nitrogens with zero attached hydrogens (tertiary/aromatic N) is 3. The topological polar surface area (TPSA) is 101 Å². The number of amides is 1. The largest absolute Gasteiger partial charge is 0.497 e. The number of hydrogen-bond donors (Lipinski definition) is 2. The second kappa shape index (κ2) is 7.59. The van der Waals surface area contributed by atoms with Crippen LogP contribution in [0.25, 0.3) is 17.2 Å². The van der Waals surface area contributed by atoms with Crippen LogP contribution in [0.3, 0.4) is 0 Å². The van der Waals surface area contributed by atoms with E-state index in [0.29, 0.717) is 5.82 Å². The summed E-state index contributed by atoms with van der Waals surface area (Å²) in [6.45, 7) is 1.99. The van der Waals surface area contributed by atoms with Crippen LogP contribution in [-0.2, 0) is 11.2 Å². The van der Waals surface area contributed by atoms with Crippen LogP contribution in [-0.4, -0.2) is 32.6 Å². The number of carbonyl (C=O) groups is 1. The second-order valence-corrected chi connectivity index (χ2v) is 6.63. The highest BCUT2D eigenvalue weighted by atomic mass is 16.5. The van der Waals surface area contributed by atoms with E-state index in [-0.39, 0.29) is 29.5 Å². The summed E-state index contributed by atoms with van der Waals surface area (Å²) in [6, 6.07) is 16.2. The van der Waals surface area contributed by atoms with Crippen LogP contribution in [0.1, 0.15) is 11.1 Å². The van der Waals surface area contributed by atoms with Crippen molar-refractivity contribution in [2.75, 3.05) is 12.4 Å². The molecule has 29 heavy (non-hydrogen) atoms. The molecular weight excluding hydrogens is 370 g/mol. The van der Waals surface area contributed by atoms with Gasteiger partial charge in [0.15, 0.2) is 5.82 Å². The third-order valence-electron chi connectivity index (χ3n) is 4.44. The third kappa shape index (κ3) is 4.01. The van der Waals surface area contributed by atoms with Crippen molar-refractivity contribution >= 4 is 17.5 Å². The number of hydrogen-bond acceptors (Lipinski definition) is 5. The van der Waals surface area contributed by atoms with Gasteiger partial charge >= 0.3 is 0 Å². The number of fused-ring (bicyclic) bond motifs is 1. The normalized spacial score (nSPS) is 10.8. The molecule has 0 aliphatic rings. The molecule has 2 heterocycles. The lowest BCUT2D eigenvalue weighted by Crippen LogP contribution is -2.20. The number of aromatic nitrogens is 4. The summed E-state index contributed by atoms with van der Waals surface area (Å²) in [6.07, 6.45) is 0.151. The molecule has 0 unspecified atom stereocenters. The standard InChI is InChI=1S/C21H19N5O3/c1-13-3-7-15(8-4-13)20-24-21-23-19(28)12-17(26(21)25-20)22-18(27)11-14-5-9-16(29-2)10-6-14/h3-10,12H,11H2,1-2H3,(H,22,27)(H,23,24,25,28). The van der Waals surface area contributed by atoms with Crippen LogP contribution >= 0.6 is 0 Å². The SMILES string of the molecule is COc1ccc(CC(=O)Nc2cc(=O)[nH]c3nc(-c4ccc(C)cc4)nn23)cc1. The lowest BCUT2D eigenvalue weighted by molar-refractivity contribution is -0.115. The number of anilines is 1. The summed E-state index contributed by atoms with van der Waals surface area (Å²) in [5.41, 5.74) is 2.39. The highest BCUT2D eigenvalue weighted by Crippen LogP contribution is 2.18. The molecule has 0 aliphatic carbocycles. The lowest BCUT2D eigenvalue weighted by atomic mass is 10.1. The first-order chi connectivity index (χ1) is 14.0. The maximum atomic E-state index is 12.5. The van der Waals surface area contributed by atoms with E-state index in [9.17, 15) is 9.59 Å². The van der Waals surface area contributed by atoms with Crippen molar-refractivity contribution in [2.24, 2.45) is 0 Å². The first-order valence-electron chi connectivity index (χ1n) is 9.02. The first-order valence-corrected chi connectivity index (χ1v) is 9.02. The van der Waals surface area contributed by atoms with Crippen molar-refractivity contribution < 1.29 is 9.53 Å². The molecule has 2 aromatic heterocycles. The quantitative estimate of drug-likeness (QED) is 0.546. The van der Waals surface area contributed by atoms with Gasteiger partial charge in [-0.1, -0.05) is 42.0 Å². The molecule has 8 nitrogen and oxygen atoms in total. The summed E-state index contributed by atoms with van der Waals surface area (Å²) in [5, 5.41) is 7.19. The van der Waals surface area contributed by atoms with Crippen molar-refractivity contribution in [3.8, 4) is 17.1 Å². The molecule has 0 atom stereocenters. The number of aryl methyl sites for hydroxylation is 1. The average molecular weight is 389 g/mol. The second-order valence-electron chi connectivity index (χ2n) is 6.63. The van der Waals surface area contributed by atoms with Crippen LogP contribution in [0.15, 0.2) is 59.4 Å². The Hall–Kier alpha value is -3.94. The Morgan fingerprint density at radius 1 is 1.14 bits per heavy atom. The zero-order chi connectivity index (χ0) is 20.4. The Kier molecular flexibility index (Phi) is 4.82. The van der Waals surface area contributed by atoms with E-state index >= 15 is 0 Å². The zero-order valence-electron chi connectivity index (χ0n) is 16.0. The van der Waals surface area contributed by atoms with Gasteiger partial charge in [0.05, 0.1) is 13.5 Å². The van der Waals surface area contributed by atoms with E-state index in [1.54, 1.807) is 19.2 Å². The third-order valence-corrected chi connectivity index (χ3v) is 4.44. The molecule has 4 aromatic rings. The molecule has 4 rings (SSSR count). The minimum absolute atomic E-state index is 0.151. The van der Waals surface area contributed by atoms with E-state index in [2.05, 4.69) is 20.4 Å². The van der Waals surface area contributed by atoms with Crippen molar-refractivity contribution in [2.45, 2.75) is 13.3 Å². The number of ether oxygens (including phenoxy) is 1. The van der Waals surface area contributed by atoms with Gasteiger partial charge in [-0.05, 0) is 24.6 Å². The van der Waals surface area contributed by atoms with E-state index in [1.165, 1.54) is 10.6 Å². The molecule has 146 valence electrons. The Morgan fingerprint density at radius 2 is 1.86 bits per heavy atom. The monoisotopic (exact) mass is 389 g/mol. The Labute approximate surface area is 166 Å². The predicted octanol–water partition coefficient (Wildman–Crippen LogP) is 2.58. The minimum atomic E-state index is -0.375. The van der Waals surface area contributed by atoms with E-state index in [4.69, 9.17) is 4.74 Å². The molecule has 8 heteroatoms. The van der Waals surface area contributed by atoms with E-state index < -0.39 is 0 Å². The number of nitrogens with one attached hydrogen (secondary N) is 2. The number of methoxy groups -OCH3 is 1. The fourth-order valence-corrected chi connectivity index (χ4v) is 2.92. The number of benzene rings is 2. The molecule has 0 bridgehead atoms. The maximum Gasteiger partial charge on any atom is 0.254 e. The predicted molar refractivity (Wildman–Crippen MR) is 109 cm³/mol. The summed E-state index contributed by atoms with van der Waals surface area (Å²) in [4.78, 5) is 31.5. The van der Waals surface area contributed by atoms with Crippen molar-refractivity contribution in [3.63, 3.8) is 0 Å².